The number of sulfonamides is 1. The maximum absolute atomic E-state index is 13.8. The second-order valence-corrected chi connectivity index (χ2v) is 13.3. The van der Waals surface area contributed by atoms with Crippen LogP contribution in [0.2, 0.25) is 0 Å². The van der Waals surface area contributed by atoms with E-state index in [-0.39, 0.29) is 67.9 Å². The third kappa shape index (κ3) is 5.83. The molecule has 7 nitrogen and oxygen atoms in total. The van der Waals surface area contributed by atoms with Gasteiger partial charge in [0.1, 0.15) is 17.2 Å². The third-order valence-electron chi connectivity index (χ3n) is 8.45. The lowest BCUT2D eigenvalue weighted by Gasteiger charge is -2.34. The molecular formula is C27H34F3N3O4S. The summed E-state index contributed by atoms with van der Waals surface area (Å²) in [5, 5.41) is 2.95. The van der Waals surface area contributed by atoms with E-state index >= 15 is 0 Å². The van der Waals surface area contributed by atoms with Crippen molar-refractivity contribution < 1.29 is 31.2 Å². The lowest BCUT2D eigenvalue weighted by molar-refractivity contribution is -0.138. The van der Waals surface area contributed by atoms with Gasteiger partial charge in [-0.15, -0.1) is 0 Å². The lowest BCUT2D eigenvalue weighted by atomic mass is 9.88. The molecule has 1 aromatic carbocycles. The number of amidine groups is 1. The van der Waals surface area contributed by atoms with Crippen molar-refractivity contribution in [1.29, 1.82) is 0 Å². The van der Waals surface area contributed by atoms with Crippen molar-refractivity contribution in [3.05, 3.63) is 34.9 Å². The number of halogens is 3. The van der Waals surface area contributed by atoms with Crippen LogP contribution in [-0.2, 0) is 38.6 Å². The van der Waals surface area contributed by atoms with Gasteiger partial charge in [0.25, 0.3) is 5.91 Å². The van der Waals surface area contributed by atoms with Crippen LogP contribution in [-0.4, -0.2) is 54.6 Å². The Morgan fingerprint density at radius 2 is 1.76 bits per heavy atom. The van der Waals surface area contributed by atoms with Crippen LogP contribution in [0.3, 0.4) is 0 Å². The zero-order valence-electron chi connectivity index (χ0n) is 21.4. The van der Waals surface area contributed by atoms with Gasteiger partial charge in [-0.25, -0.2) is 12.7 Å². The number of carbonyl (C=O) groups excluding carboxylic acids is 2. The summed E-state index contributed by atoms with van der Waals surface area (Å²) < 4.78 is 68.8. The Bertz CT molecular complexity index is 1230. The monoisotopic (exact) mass is 553 g/mol. The maximum atomic E-state index is 13.8. The number of alkyl halides is 3. The molecule has 4 aliphatic rings. The highest BCUT2D eigenvalue weighted by atomic mass is 32.2. The minimum Gasteiger partial charge on any atom is -0.312 e. The number of hydrogen-bond donors (Lipinski definition) is 1. The zero-order chi connectivity index (χ0) is 27.1. The van der Waals surface area contributed by atoms with Crippen molar-refractivity contribution in [2.45, 2.75) is 82.3 Å². The molecule has 1 aromatic rings. The van der Waals surface area contributed by atoms with Gasteiger partial charge in [-0.2, -0.15) is 13.2 Å². The van der Waals surface area contributed by atoms with E-state index in [1.54, 1.807) is 0 Å². The van der Waals surface area contributed by atoms with Crippen molar-refractivity contribution in [2.75, 3.05) is 18.8 Å². The fraction of sp³-hybridized carbons (Fsp3) is 0.667. The van der Waals surface area contributed by atoms with Gasteiger partial charge < -0.3 is 5.32 Å². The SMILES string of the molecule is O=C(Cc1ccc(CCS(=O)(=O)N2CCC3(CC2)N=C(C2CCCCC2)NC3=O)c(C(F)(F)F)c1)C1CC1. The first-order valence-corrected chi connectivity index (χ1v) is 15.2. The number of nitrogens with zero attached hydrogens (tertiary/aromatic N) is 2. The number of piperidine rings is 1. The van der Waals surface area contributed by atoms with E-state index in [2.05, 4.69) is 5.32 Å². The largest absolute Gasteiger partial charge is 0.416 e. The van der Waals surface area contributed by atoms with Gasteiger partial charge in [-0.05, 0) is 62.1 Å². The molecule has 38 heavy (non-hydrogen) atoms. The smallest absolute Gasteiger partial charge is 0.312 e. The highest BCUT2D eigenvalue weighted by molar-refractivity contribution is 7.89. The van der Waals surface area contributed by atoms with Crippen molar-refractivity contribution >= 4 is 27.5 Å². The summed E-state index contributed by atoms with van der Waals surface area (Å²) in [4.78, 5) is 29.6. The number of benzene rings is 1. The Hall–Kier alpha value is -2.27. The fourth-order valence-electron chi connectivity index (χ4n) is 5.92. The minimum atomic E-state index is -4.65. The standard InChI is InChI=1S/C27H34F3N3O4S/c28-27(29,30)22-16-18(17-23(34)20-8-9-20)6-7-19(22)10-15-38(36,37)33-13-11-26(12-14-33)25(35)31-24(32-26)21-4-2-1-3-5-21/h6-7,16,20-21H,1-5,8-15,17H2,(H,31,32,35). The number of Topliss-reactive ketones (excluding diaryl/α,β-unsaturated/α-hetero) is 1. The predicted molar refractivity (Wildman–Crippen MR) is 136 cm³/mol. The van der Waals surface area contributed by atoms with Crippen LogP contribution >= 0.6 is 0 Å². The minimum absolute atomic E-state index is 0.0413. The molecule has 2 aliphatic carbocycles. The lowest BCUT2D eigenvalue weighted by Crippen LogP contribution is -2.51. The summed E-state index contributed by atoms with van der Waals surface area (Å²) in [6.07, 6.45) is 2.49. The second kappa shape index (κ2) is 10.4. The molecule has 2 aliphatic heterocycles. The first-order valence-electron chi connectivity index (χ1n) is 13.6. The molecule has 1 amide bonds. The van der Waals surface area contributed by atoms with Crippen LogP contribution in [0.15, 0.2) is 23.2 Å². The third-order valence-corrected chi connectivity index (χ3v) is 10.3. The molecule has 0 radical (unpaired) electrons. The van der Waals surface area contributed by atoms with Crippen molar-refractivity contribution in [1.82, 2.24) is 9.62 Å². The van der Waals surface area contributed by atoms with Crippen LogP contribution in [0, 0.1) is 11.8 Å². The average Bonchev–Trinajstić information content (AvgIpc) is 3.69. The van der Waals surface area contributed by atoms with Gasteiger partial charge in [-0.3, -0.25) is 14.6 Å². The van der Waals surface area contributed by atoms with E-state index in [1.165, 1.54) is 22.9 Å². The summed E-state index contributed by atoms with van der Waals surface area (Å²) >= 11 is 0. The van der Waals surface area contributed by atoms with Crippen LogP contribution in [0.4, 0.5) is 13.2 Å². The van der Waals surface area contributed by atoms with Crippen molar-refractivity contribution in [3.63, 3.8) is 0 Å². The molecule has 1 N–H and O–H groups in total. The van der Waals surface area contributed by atoms with Crippen molar-refractivity contribution in [3.8, 4) is 0 Å². The first kappa shape index (κ1) is 27.3. The van der Waals surface area contributed by atoms with Crippen LogP contribution in [0.25, 0.3) is 0 Å². The van der Waals surface area contributed by atoms with Gasteiger partial charge in [0, 0.05) is 31.3 Å². The topological polar surface area (TPSA) is 95.9 Å². The molecule has 2 saturated carbocycles. The molecule has 1 saturated heterocycles. The Morgan fingerprint density at radius 1 is 1.08 bits per heavy atom. The summed E-state index contributed by atoms with van der Waals surface area (Å²) in [7, 11) is -3.84. The highest BCUT2D eigenvalue weighted by Gasteiger charge is 2.48. The molecule has 0 unspecified atom stereocenters. The van der Waals surface area contributed by atoms with Crippen LogP contribution in [0.1, 0.15) is 74.5 Å². The van der Waals surface area contributed by atoms with Crippen molar-refractivity contribution in [2.24, 2.45) is 16.8 Å². The fourth-order valence-corrected chi connectivity index (χ4v) is 7.39. The number of carbonyl (C=O) groups is 2. The van der Waals surface area contributed by atoms with Gasteiger partial charge in [0.15, 0.2) is 0 Å². The molecule has 3 fully saturated rings. The number of hydrogen-bond acceptors (Lipinski definition) is 5. The number of nitrogens with one attached hydrogen (secondary N) is 1. The van der Waals surface area contributed by atoms with E-state index in [4.69, 9.17) is 4.99 Å². The molecule has 0 bridgehead atoms. The molecule has 1 spiro atoms. The summed E-state index contributed by atoms with van der Waals surface area (Å²) in [6.45, 7) is 0.205. The van der Waals surface area contributed by atoms with Gasteiger partial charge in [0.2, 0.25) is 10.0 Å². The van der Waals surface area contributed by atoms with Crippen LogP contribution < -0.4 is 5.32 Å². The first-order chi connectivity index (χ1) is 18.0. The van der Waals surface area contributed by atoms with Gasteiger partial charge in [0.05, 0.1) is 11.3 Å². The van der Waals surface area contributed by atoms with E-state index in [0.29, 0.717) is 5.56 Å². The maximum Gasteiger partial charge on any atom is 0.416 e. The number of ketones is 1. The number of aryl methyl sites for hydroxylation is 1. The summed E-state index contributed by atoms with van der Waals surface area (Å²) in [5.74, 6) is 0.236. The number of aliphatic imine (C=N–C) groups is 1. The average molecular weight is 554 g/mol. The normalized spacial score (nSPS) is 22.9. The molecule has 0 aromatic heterocycles. The molecule has 2 heterocycles. The number of amides is 1. The zero-order valence-corrected chi connectivity index (χ0v) is 22.2. The van der Waals surface area contributed by atoms with E-state index in [9.17, 15) is 31.2 Å². The Morgan fingerprint density at radius 3 is 2.39 bits per heavy atom. The van der Waals surface area contributed by atoms with E-state index in [1.807, 2.05) is 0 Å². The molecule has 5 rings (SSSR count). The number of rotatable bonds is 8. The van der Waals surface area contributed by atoms with Gasteiger partial charge >= 0.3 is 6.18 Å². The molecular weight excluding hydrogens is 519 g/mol. The van der Waals surface area contributed by atoms with E-state index in [0.717, 1.165) is 50.4 Å². The van der Waals surface area contributed by atoms with Crippen LogP contribution in [0.5, 0.6) is 0 Å². The quantitative estimate of drug-likeness (QED) is 0.526. The summed E-state index contributed by atoms with van der Waals surface area (Å²) in [6, 6.07) is 3.76. The van der Waals surface area contributed by atoms with Gasteiger partial charge in [-0.1, -0.05) is 31.4 Å². The summed E-state index contributed by atoms with van der Waals surface area (Å²) in [5.41, 5.74) is -1.64. The molecule has 11 heteroatoms. The van der Waals surface area contributed by atoms with E-state index < -0.39 is 33.1 Å². The Labute approximate surface area is 221 Å². The molecule has 208 valence electrons. The Balaban J connectivity index is 1.22. The highest BCUT2D eigenvalue weighted by Crippen LogP contribution is 2.37. The Kier molecular flexibility index (Phi) is 7.45. The molecule has 0 atom stereocenters. The second-order valence-electron chi connectivity index (χ2n) is 11.2. The predicted octanol–water partition coefficient (Wildman–Crippen LogP) is 4.04.